The summed E-state index contributed by atoms with van der Waals surface area (Å²) < 4.78 is 5.64. The van der Waals surface area contributed by atoms with E-state index < -0.39 is 0 Å². The van der Waals surface area contributed by atoms with Gasteiger partial charge in [0.1, 0.15) is 12.4 Å². The van der Waals surface area contributed by atoms with E-state index in [0.29, 0.717) is 19.1 Å². The van der Waals surface area contributed by atoms with Crippen LogP contribution in [-0.2, 0) is 6.54 Å². The fourth-order valence-corrected chi connectivity index (χ4v) is 2.43. The van der Waals surface area contributed by atoms with Gasteiger partial charge in [0.25, 0.3) is 0 Å². The van der Waals surface area contributed by atoms with Gasteiger partial charge >= 0.3 is 0 Å². The normalized spacial score (nSPS) is 16.0. The maximum absolute atomic E-state index is 6.11. The summed E-state index contributed by atoms with van der Waals surface area (Å²) in [7, 11) is 0. The molecule has 1 fully saturated rings. The van der Waals surface area contributed by atoms with E-state index in [4.69, 9.17) is 10.5 Å². The van der Waals surface area contributed by atoms with E-state index in [0.717, 1.165) is 30.3 Å². The number of aliphatic imine (C=N–C) groups is 1. The Balaban J connectivity index is 0.00000242. The number of hydrogen-bond donors (Lipinski definition) is 1. The van der Waals surface area contributed by atoms with E-state index in [1.54, 1.807) is 6.08 Å². The van der Waals surface area contributed by atoms with Gasteiger partial charge in [0.05, 0.1) is 6.54 Å². The summed E-state index contributed by atoms with van der Waals surface area (Å²) >= 11 is 0. The Morgan fingerprint density at radius 1 is 1.41 bits per heavy atom. The van der Waals surface area contributed by atoms with Crippen LogP contribution in [0.1, 0.15) is 25.3 Å². The van der Waals surface area contributed by atoms with Crippen LogP contribution in [0.15, 0.2) is 41.9 Å². The Morgan fingerprint density at radius 2 is 2.09 bits per heavy atom. The zero-order valence-electron chi connectivity index (χ0n) is 13.2. The molecule has 1 heterocycles. The molecule has 0 amide bonds. The largest absolute Gasteiger partial charge is 0.489 e. The molecule has 0 aliphatic carbocycles. The Kier molecular flexibility index (Phi) is 8.30. The molecular formula is C17H26IN3O. The van der Waals surface area contributed by atoms with E-state index in [1.807, 2.05) is 24.3 Å². The maximum Gasteiger partial charge on any atom is 0.191 e. The Bertz CT molecular complexity index is 496. The van der Waals surface area contributed by atoms with Crippen molar-refractivity contribution >= 4 is 29.9 Å². The Morgan fingerprint density at radius 3 is 2.77 bits per heavy atom. The number of piperidine rings is 1. The van der Waals surface area contributed by atoms with Crippen molar-refractivity contribution in [2.24, 2.45) is 16.6 Å². The van der Waals surface area contributed by atoms with Crippen LogP contribution in [0.5, 0.6) is 5.75 Å². The molecule has 0 spiro atoms. The second-order valence-electron chi connectivity index (χ2n) is 5.55. The molecule has 122 valence electrons. The lowest BCUT2D eigenvalue weighted by Gasteiger charge is -2.31. The van der Waals surface area contributed by atoms with Crippen LogP contribution < -0.4 is 10.5 Å². The number of likely N-dealkylation sites (tertiary alicyclic amines) is 1. The van der Waals surface area contributed by atoms with Crippen LogP contribution in [0.2, 0.25) is 0 Å². The SMILES string of the molecule is C=CCOc1ccccc1CN=C(N)N1CCC(C)CC1.I. The molecule has 1 aliphatic rings. The standard InChI is InChI=1S/C17H25N3O.HI/c1-3-12-21-16-7-5-4-6-15(16)13-19-17(18)20-10-8-14(2)9-11-20;/h3-7,14H,1,8-13H2,2H3,(H2,18,19);1H. The molecule has 1 aromatic rings. The molecule has 2 rings (SSSR count). The summed E-state index contributed by atoms with van der Waals surface area (Å²) in [5.41, 5.74) is 7.16. The van der Waals surface area contributed by atoms with E-state index in [-0.39, 0.29) is 24.0 Å². The van der Waals surface area contributed by atoms with Crippen LogP contribution in [0.25, 0.3) is 0 Å². The van der Waals surface area contributed by atoms with E-state index in [1.165, 1.54) is 12.8 Å². The van der Waals surface area contributed by atoms with Gasteiger partial charge in [0.15, 0.2) is 5.96 Å². The highest BCUT2D eigenvalue weighted by Gasteiger charge is 2.16. The molecule has 0 unspecified atom stereocenters. The molecule has 1 aromatic carbocycles. The van der Waals surface area contributed by atoms with Crippen molar-refractivity contribution in [2.45, 2.75) is 26.3 Å². The van der Waals surface area contributed by atoms with Crippen LogP contribution in [-0.4, -0.2) is 30.6 Å². The fourth-order valence-electron chi connectivity index (χ4n) is 2.43. The van der Waals surface area contributed by atoms with Gasteiger partial charge in [0, 0.05) is 18.7 Å². The van der Waals surface area contributed by atoms with Crippen molar-refractivity contribution in [3.63, 3.8) is 0 Å². The topological polar surface area (TPSA) is 50.9 Å². The summed E-state index contributed by atoms with van der Waals surface area (Å²) in [6, 6.07) is 7.92. The average molecular weight is 415 g/mol. The van der Waals surface area contributed by atoms with Crippen LogP contribution >= 0.6 is 24.0 Å². The number of ether oxygens (including phenoxy) is 1. The molecule has 0 aromatic heterocycles. The Labute approximate surface area is 150 Å². The third-order valence-electron chi connectivity index (χ3n) is 3.85. The molecule has 4 nitrogen and oxygen atoms in total. The second kappa shape index (κ2) is 9.71. The van der Waals surface area contributed by atoms with Gasteiger partial charge in [0.2, 0.25) is 0 Å². The number of guanidine groups is 1. The van der Waals surface area contributed by atoms with Crippen molar-refractivity contribution in [2.75, 3.05) is 19.7 Å². The van der Waals surface area contributed by atoms with Crippen molar-refractivity contribution in [3.05, 3.63) is 42.5 Å². The summed E-state index contributed by atoms with van der Waals surface area (Å²) in [5.74, 6) is 2.28. The predicted molar refractivity (Wildman–Crippen MR) is 103 cm³/mol. The third kappa shape index (κ3) is 5.51. The summed E-state index contributed by atoms with van der Waals surface area (Å²) in [6.07, 6.45) is 4.12. The van der Waals surface area contributed by atoms with Crippen LogP contribution in [0.3, 0.4) is 0 Å². The molecule has 1 saturated heterocycles. The number of nitrogens with zero attached hydrogens (tertiary/aromatic N) is 2. The van der Waals surface area contributed by atoms with Gasteiger partial charge in [-0.15, -0.1) is 24.0 Å². The van der Waals surface area contributed by atoms with Gasteiger partial charge in [-0.2, -0.15) is 0 Å². The quantitative estimate of drug-likeness (QED) is 0.347. The highest BCUT2D eigenvalue weighted by atomic mass is 127. The summed E-state index contributed by atoms with van der Waals surface area (Å²) in [6.45, 7) is 9.01. The molecule has 2 N–H and O–H groups in total. The highest BCUT2D eigenvalue weighted by Crippen LogP contribution is 2.19. The number of halogens is 1. The molecule has 22 heavy (non-hydrogen) atoms. The zero-order chi connectivity index (χ0) is 15.1. The minimum absolute atomic E-state index is 0. The number of nitrogens with two attached hydrogens (primary N) is 1. The first-order valence-corrected chi connectivity index (χ1v) is 7.57. The zero-order valence-corrected chi connectivity index (χ0v) is 15.5. The molecule has 0 atom stereocenters. The van der Waals surface area contributed by atoms with Gasteiger partial charge in [-0.05, 0) is 24.8 Å². The first kappa shape index (κ1) is 18.8. The molecule has 0 bridgehead atoms. The lowest BCUT2D eigenvalue weighted by atomic mass is 10.00. The van der Waals surface area contributed by atoms with Crippen molar-refractivity contribution in [1.29, 1.82) is 0 Å². The smallest absolute Gasteiger partial charge is 0.191 e. The van der Waals surface area contributed by atoms with Crippen molar-refractivity contribution in [1.82, 2.24) is 4.90 Å². The van der Waals surface area contributed by atoms with Crippen molar-refractivity contribution < 1.29 is 4.74 Å². The number of para-hydroxylation sites is 1. The Hall–Kier alpha value is -1.24. The second-order valence-corrected chi connectivity index (χ2v) is 5.55. The predicted octanol–water partition coefficient (Wildman–Crippen LogP) is 3.42. The number of rotatable bonds is 5. The minimum Gasteiger partial charge on any atom is -0.489 e. The monoisotopic (exact) mass is 415 g/mol. The van der Waals surface area contributed by atoms with Crippen LogP contribution in [0, 0.1) is 5.92 Å². The number of hydrogen-bond acceptors (Lipinski definition) is 2. The molecule has 5 heteroatoms. The highest BCUT2D eigenvalue weighted by molar-refractivity contribution is 14.0. The molecule has 1 aliphatic heterocycles. The van der Waals surface area contributed by atoms with Gasteiger partial charge in [-0.3, -0.25) is 0 Å². The lowest BCUT2D eigenvalue weighted by molar-refractivity contribution is 0.277. The third-order valence-corrected chi connectivity index (χ3v) is 3.85. The first-order valence-electron chi connectivity index (χ1n) is 7.57. The maximum atomic E-state index is 6.11. The molecule has 0 saturated carbocycles. The van der Waals surface area contributed by atoms with Gasteiger partial charge in [-0.1, -0.05) is 37.8 Å². The van der Waals surface area contributed by atoms with Crippen LogP contribution in [0.4, 0.5) is 0 Å². The van der Waals surface area contributed by atoms with Gasteiger partial charge < -0.3 is 15.4 Å². The first-order chi connectivity index (χ1) is 10.2. The van der Waals surface area contributed by atoms with Gasteiger partial charge in [-0.25, -0.2) is 4.99 Å². The average Bonchev–Trinajstić information content (AvgIpc) is 2.52. The van der Waals surface area contributed by atoms with E-state index in [2.05, 4.69) is 23.4 Å². The summed E-state index contributed by atoms with van der Waals surface area (Å²) in [4.78, 5) is 6.70. The summed E-state index contributed by atoms with van der Waals surface area (Å²) in [5, 5.41) is 0. The molecule has 0 radical (unpaired) electrons. The van der Waals surface area contributed by atoms with Crippen molar-refractivity contribution in [3.8, 4) is 5.75 Å². The minimum atomic E-state index is 0. The number of benzene rings is 1. The van der Waals surface area contributed by atoms with E-state index >= 15 is 0 Å². The molecular weight excluding hydrogens is 389 g/mol. The fraction of sp³-hybridized carbons (Fsp3) is 0.471. The lowest BCUT2D eigenvalue weighted by Crippen LogP contribution is -2.42. The van der Waals surface area contributed by atoms with E-state index in [9.17, 15) is 0 Å².